The van der Waals surface area contributed by atoms with E-state index in [2.05, 4.69) is 31.1 Å². The molecule has 1 saturated carbocycles. The van der Waals surface area contributed by atoms with Crippen LogP contribution >= 0.6 is 0 Å². The zero-order chi connectivity index (χ0) is 22.6. The summed E-state index contributed by atoms with van der Waals surface area (Å²) in [7, 11) is 0. The van der Waals surface area contributed by atoms with Gasteiger partial charge in [0, 0.05) is 12.1 Å². The lowest BCUT2D eigenvalue weighted by Crippen LogP contribution is -2.48. The highest BCUT2D eigenvalue weighted by molar-refractivity contribution is 5.97. The molecule has 0 saturated heterocycles. The van der Waals surface area contributed by atoms with Crippen molar-refractivity contribution in [3.8, 4) is 0 Å². The molecule has 2 atom stereocenters. The van der Waals surface area contributed by atoms with E-state index in [4.69, 9.17) is 10.8 Å². The van der Waals surface area contributed by atoms with Crippen LogP contribution in [0.5, 0.6) is 0 Å². The highest BCUT2D eigenvalue weighted by Crippen LogP contribution is 2.26. The second kappa shape index (κ2) is 9.13. The third kappa shape index (κ3) is 5.79. The normalized spacial score (nSPS) is 18.8. The number of anilines is 3. The molecule has 0 radical (unpaired) electrons. The van der Waals surface area contributed by atoms with Crippen molar-refractivity contribution in [2.75, 3.05) is 10.6 Å². The maximum atomic E-state index is 11.8. The van der Waals surface area contributed by atoms with Crippen molar-refractivity contribution in [2.24, 2.45) is 5.73 Å². The van der Waals surface area contributed by atoms with Crippen LogP contribution in [0.2, 0.25) is 0 Å². The minimum Gasteiger partial charge on any atom is -0.465 e. The van der Waals surface area contributed by atoms with Gasteiger partial charge in [-0.05, 0) is 38.8 Å². The topological polar surface area (TPSA) is 175 Å². The van der Waals surface area contributed by atoms with Crippen molar-refractivity contribution in [2.45, 2.75) is 57.2 Å². The van der Waals surface area contributed by atoms with Gasteiger partial charge in [-0.25, -0.2) is 9.78 Å². The number of aromatic nitrogens is 3. The van der Waals surface area contributed by atoms with Gasteiger partial charge in [-0.2, -0.15) is 0 Å². The summed E-state index contributed by atoms with van der Waals surface area (Å²) >= 11 is 0. The molecule has 1 aliphatic rings. The Morgan fingerprint density at radius 3 is 2.48 bits per heavy atom. The second-order valence-corrected chi connectivity index (χ2v) is 8.04. The smallest absolute Gasteiger partial charge is 0.404 e. The quantitative estimate of drug-likeness (QED) is 0.384. The van der Waals surface area contributed by atoms with E-state index in [1.165, 1.54) is 0 Å². The van der Waals surface area contributed by atoms with Gasteiger partial charge >= 0.3 is 6.09 Å². The molecule has 2 amide bonds. The molecule has 2 aromatic rings. The molecular formula is C20H27N7O4. The summed E-state index contributed by atoms with van der Waals surface area (Å²) in [6.45, 7) is 3.24. The molecule has 166 valence electrons. The fraction of sp³-hybridized carbons (Fsp3) is 0.450. The van der Waals surface area contributed by atoms with Crippen molar-refractivity contribution < 1.29 is 19.8 Å². The monoisotopic (exact) mass is 429 g/mol. The molecule has 3 rings (SSSR count). The van der Waals surface area contributed by atoms with Crippen LogP contribution < -0.4 is 21.7 Å². The number of pyridine rings is 1. The largest absolute Gasteiger partial charge is 0.465 e. The molecule has 11 nitrogen and oxygen atoms in total. The van der Waals surface area contributed by atoms with Crippen LogP contribution in [-0.2, 0) is 5.60 Å². The van der Waals surface area contributed by atoms with Gasteiger partial charge in [-0.1, -0.05) is 18.9 Å². The number of carboxylic acid groups (broad SMARTS) is 1. The average Bonchev–Trinajstić information content (AvgIpc) is 2.69. The first-order chi connectivity index (χ1) is 14.6. The molecule has 0 aromatic carbocycles. The van der Waals surface area contributed by atoms with Crippen LogP contribution in [0.25, 0.3) is 0 Å². The standard InChI is InChI=1S/C20H27N7O4/c1-20(2,31)14-8-5-9-15(25-14)23-13-10-16(26-27-17(13)18(21)28)22-11-6-3-4-7-12(11)24-19(29)30/h5,8-12,24,31H,3-4,6-7H2,1-2H3,(H2,21,28)(H,29,30)(H2,22,23,25,26). The average molecular weight is 429 g/mol. The van der Waals surface area contributed by atoms with Crippen LogP contribution in [0.1, 0.15) is 55.7 Å². The number of nitrogens with zero attached hydrogens (tertiary/aromatic N) is 3. The van der Waals surface area contributed by atoms with Crippen LogP contribution in [0.4, 0.5) is 22.1 Å². The summed E-state index contributed by atoms with van der Waals surface area (Å²) in [5, 5.41) is 36.0. The molecule has 2 unspecified atom stereocenters. The van der Waals surface area contributed by atoms with Crippen LogP contribution in [0.3, 0.4) is 0 Å². The fourth-order valence-corrected chi connectivity index (χ4v) is 3.55. The van der Waals surface area contributed by atoms with Crippen LogP contribution in [-0.4, -0.2) is 49.5 Å². The van der Waals surface area contributed by atoms with E-state index in [0.717, 1.165) is 25.7 Å². The van der Waals surface area contributed by atoms with E-state index in [0.29, 0.717) is 23.0 Å². The molecule has 2 heterocycles. The first-order valence-corrected chi connectivity index (χ1v) is 10.0. The van der Waals surface area contributed by atoms with Crippen molar-refractivity contribution in [1.82, 2.24) is 20.5 Å². The Morgan fingerprint density at radius 2 is 1.84 bits per heavy atom. The highest BCUT2D eigenvalue weighted by Gasteiger charge is 2.27. The summed E-state index contributed by atoms with van der Waals surface area (Å²) in [4.78, 5) is 27.3. The summed E-state index contributed by atoms with van der Waals surface area (Å²) in [5.74, 6) is 0.00247. The Kier molecular flexibility index (Phi) is 6.54. The maximum Gasteiger partial charge on any atom is 0.404 e. The van der Waals surface area contributed by atoms with Gasteiger partial charge in [0.2, 0.25) is 0 Å². The highest BCUT2D eigenvalue weighted by atomic mass is 16.4. The first kappa shape index (κ1) is 22.2. The van der Waals surface area contributed by atoms with Crippen molar-refractivity contribution >= 4 is 29.3 Å². The summed E-state index contributed by atoms with van der Waals surface area (Å²) in [5.41, 5.74) is 4.98. The second-order valence-electron chi connectivity index (χ2n) is 8.04. The summed E-state index contributed by atoms with van der Waals surface area (Å²) < 4.78 is 0. The van der Waals surface area contributed by atoms with Crippen LogP contribution in [0.15, 0.2) is 24.3 Å². The van der Waals surface area contributed by atoms with Crippen molar-refractivity contribution in [1.29, 1.82) is 0 Å². The molecule has 2 aromatic heterocycles. The minimum absolute atomic E-state index is 0.0649. The zero-order valence-corrected chi connectivity index (χ0v) is 17.4. The molecule has 1 fully saturated rings. The van der Waals surface area contributed by atoms with E-state index >= 15 is 0 Å². The molecule has 0 aliphatic heterocycles. The first-order valence-electron chi connectivity index (χ1n) is 10.0. The Labute approximate surface area is 179 Å². The number of hydrogen-bond donors (Lipinski definition) is 6. The zero-order valence-electron chi connectivity index (χ0n) is 17.4. The van der Waals surface area contributed by atoms with Gasteiger partial charge < -0.3 is 31.9 Å². The lowest BCUT2D eigenvalue weighted by molar-refractivity contribution is 0.0740. The van der Waals surface area contributed by atoms with E-state index in [1.54, 1.807) is 38.1 Å². The lowest BCUT2D eigenvalue weighted by atomic mass is 9.90. The van der Waals surface area contributed by atoms with E-state index < -0.39 is 17.6 Å². The SMILES string of the molecule is CC(C)(O)c1cccc(Nc2cc(NC3CCCCC3NC(=O)O)nnc2C(N)=O)n1. The summed E-state index contributed by atoms with van der Waals surface area (Å²) in [6, 6.07) is 6.26. The van der Waals surface area contributed by atoms with Crippen molar-refractivity contribution in [3.63, 3.8) is 0 Å². The number of rotatable bonds is 7. The van der Waals surface area contributed by atoms with E-state index in [9.17, 15) is 14.7 Å². The third-order valence-electron chi connectivity index (χ3n) is 5.07. The van der Waals surface area contributed by atoms with Crippen LogP contribution in [0, 0.1) is 0 Å². The number of carbonyl (C=O) groups is 2. The van der Waals surface area contributed by atoms with Gasteiger partial charge in [0.15, 0.2) is 11.5 Å². The minimum atomic E-state index is -1.14. The van der Waals surface area contributed by atoms with Gasteiger partial charge in [0.05, 0.1) is 17.4 Å². The Hall–Kier alpha value is -3.47. The van der Waals surface area contributed by atoms with E-state index in [1.807, 2.05) is 0 Å². The Bertz CT molecular complexity index is 961. The number of nitrogens with one attached hydrogen (secondary N) is 3. The molecule has 7 N–H and O–H groups in total. The number of aliphatic hydroxyl groups is 1. The molecule has 11 heteroatoms. The van der Waals surface area contributed by atoms with E-state index in [-0.39, 0.29) is 17.8 Å². The summed E-state index contributed by atoms with van der Waals surface area (Å²) in [6.07, 6.45) is 2.30. The maximum absolute atomic E-state index is 11.8. The number of hydrogen-bond acceptors (Lipinski definition) is 8. The number of nitrogens with two attached hydrogens (primary N) is 1. The Balaban J connectivity index is 1.86. The number of carbonyl (C=O) groups excluding carboxylic acids is 1. The van der Waals surface area contributed by atoms with Crippen molar-refractivity contribution in [3.05, 3.63) is 35.7 Å². The molecular weight excluding hydrogens is 402 g/mol. The van der Waals surface area contributed by atoms with Gasteiger partial charge in [0.1, 0.15) is 11.4 Å². The molecule has 31 heavy (non-hydrogen) atoms. The third-order valence-corrected chi connectivity index (χ3v) is 5.07. The van der Waals surface area contributed by atoms with Gasteiger partial charge in [0.25, 0.3) is 5.91 Å². The van der Waals surface area contributed by atoms with Gasteiger partial charge in [-0.15, -0.1) is 10.2 Å². The Morgan fingerprint density at radius 1 is 1.13 bits per heavy atom. The molecule has 1 aliphatic carbocycles. The predicted octanol–water partition coefficient (Wildman–Crippen LogP) is 1.93. The predicted molar refractivity (Wildman–Crippen MR) is 114 cm³/mol. The number of amides is 2. The molecule has 0 bridgehead atoms. The lowest BCUT2D eigenvalue weighted by Gasteiger charge is -2.32. The fourth-order valence-electron chi connectivity index (χ4n) is 3.55. The molecule has 0 spiro atoms. The number of primary amides is 1. The van der Waals surface area contributed by atoms with Gasteiger partial charge in [-0.3, -0.25) is 4.79 Å².